The smallest absolute Gasteiger partial charge is 0.199 e. The number of aromatic nitrogens is 1. The van der Waals surface area contributed by atoms with Crippen LogP contribution in [-0.2, 0) is 7.05 Å². The molecule has 0 atom stereocenters. The summed E-state index contributed by atoms with van der Waals surface area (Å²) in [5, 5.41) is 0.957. The van der Waals surface area contributed by atoms with Crippen molar-refractivity contribution in [3.05, 3.63) is 58.6 Å². The molecule has 0 saturated carbocycles. The Morgan fingerprint density at radius 2 is 2.00 bits per heavy atom. The van der Waals surface area contributed by atoms with Crippen LogP contribution in [0, 0.1) is 0 Å². The minimum atomic E-state index is -0.0348. The fourth-order valence-electron chi connectivity index (χ4n) is 2.12. The van der Waals surface area contributed by atoms with Crippen molar-refractivity contribution in [3.63, 3.8) is 0 Å². The summed E-state index contributed by atoms with van der Waals surface area (Å²) in [5.41, 5.74) is 2.28. The number of para-hydroxylation sites is 1. The number of ketones is 1. The highest BCUT2D eigenvalue weighted by atomic mass is 79.9. The van der Waals surface area contributed by atoms with Gasteiger partial charge in [-0.3, -0.25) is 4.79 Å². The quantitative estimate of drug-likeness (QED) is 0.676. The number of hydrogen-bond donors (Lipinski definition) is 0. The van der Waals surface area contributed by atoms with Gasteiger partial charge in [-0.05, 0) is 28.1 Å². The van der Waals surface area contributed by atoms with Gasteiger partial charge in [-0.15, -0.1) is 0 Å². The molecule has 0 bridgehead atoms. The van der Waals surface area contributed by atoms with Crippen LogP contribution in [0.5, 0.6) is 0 Å². The van der Waals surface area contributed by atoms with Crippen LogP contribution in [0.25, 0.3) is 10.9 Å². The first-order chi connectivity index (χ1) is 8.68. The highest BCUT2D eigenvalue weighted by Crippen LogP contribution is 2.26. The molecule has 0 aliphatic carbocycles. The van der Waals surface area contributed by atoms with E-state index in [1.54, 1.807) is 6.07 Å². The first kappa shape index (κ1) is 11.3. The monoisotopic (exact) mass is 303 g/mol. The molecule has 3 nitrogen and oxygen atoms in total. The average molecular weight is 304 g/mol. The van der Waals surface area contributed by atoms with Crippen LogP contribution in [0.1, 0.15) is 15.9 Å². The summed E-state index contributed by atoms with van der Waals surface area (Å²) in [6.45, 7) is 0. The number of carbonyl (C=O) groups is 1. The molecule has 3 rings (SSSR count). The normalized spacial score (nSPS) is 11.0. The maximum Gasteiger partial charge on any atom is 0.199 e. The molecule has 0 aliphatic rings. The molecule has 0 fully saturated rings. The molecule has 0 unspecified atom stereocenters. The molecule has 2 aromatic heterocycles. The number of fused-ring (bicyclic) bond motifs is 1. The van der Waals surface area contributed by atoms with Crippen LogP contribution < -0.4 is 0 Å². The van der Waals surface area contributed by atoms with Crippen molar-refractivity contribution in [1.82, 2.24) is 4.57 Å². The van der Waals surface area contributed by atoms with E-state index < -0.39 is 0 Å². The van der Waals surface area contributed by atoms with Crippen molar-refractivity contribution in [2.24, 2.45) is 7.05 Å². The highest BCUT2D eigenvalue weighted by Gasteiger charge is 2.19. The second kappa shape index (κ2) is 4.14. The topological polar surface area (TPSA) is 35.1 Å². The number of rotatable bonds is 2. The summed E-state index contributed by atoms with van der Waals surface area (Å²) in [7, 11) is 1.93. The van der Waals surface area contributed by atoms with Crippen LogP contribution in [0.2, 0.25) is 0 Å². The van der Waals surface area contributed by atoms with Crippen molar-refractivity contribution >= 4 is 32.6 Å². The van der Waals surface area contributed by atoms with E-state index in [9.17, 15) is 4.79 Å². The summed E-state index contributed by atoms with van der Waals surface area (Å²) >= 11 is 3.24. The largest absolute Gasteiger partial charge is 0.457 e. The molecule has 0 aliphatic heterocycles. The second-order valence-electron chi connectivity index (χ2n) is 4.11. The second-order valence-corrected chi connectivity index (χ2v) is 4.83. The maximum atomic E-state index is 12.5. The third kappa shape index (κ3) is 1.61. The average Bonchev–Trinajstić information content (AvgIpc) is 2.94. The number of hydrogen-bond acceptors (Lipinski definition) is 2. The number of carbonyl (C=O) groups excluding carboxylic acids is 1. The van der Waals surface area contributed by atoms with E-state index in [2.05, 4.69) is 15.9 Å². The van der Waals surface area contributed by atoms with Crippen LogP contribution in [0.4, 0.5) is 0 Å². The van der Waals surface area contributed by atoms with E-state index in [-0.39, 0.29) is 5.78 Å². The van der Waals surface area contributed by atoms with Crippen molar-refractivity contribution in [3.8, 4) is 0 Å². The SMILES string of the molecule is Cn1cc(C(=O)c2ccoc2Br)c2ccccc21. The van der Waals surface area contributed by atoms with E-state index in [0.29, 0.717) is 15.8 Å². The zero-order valence-electron chi connectivity index (χ0n) is 9.68. The van der Waals surface area contributed by atoms with Gasteiger partial charge >= 0.3 is 0 Å². The molecule has 0 N–H and O–H groups in total. The van der Waals surface area contributed by atoms with E-state index in [1.807, 2.05) is 42.1 Å². The zero-order chi connectivity index (χ0) is 12.7. The van der Waals surface area contributed by atoms with E-state index in [0.717, 1.165) is 10.9 Å². The van der Waals surface area contributed by atoms with E-state index in [1.165, 1.54) is 6.26 Å². The summed E-state index contributed by atoms with van der Waals surface area (Å²) in [6, 6.07) is 9.52. The summed E-state index contributed by atoms with van der Waals surface area (Å²) in [6.07, 6.45) is 3.36. The Morgan fingerprint density at radius 1 is 1.22 bits per heavy atom. The first-order valence-corrected chi connectivity index (χ1v) is 6.29. The Hall–Kier alpha value is -1.81. The van der Waals surface area contributed by atoms with Crippen LogP contribution in [-0.4, -0.2) is 10.4 Å². The molecule has 1 aromatic carbocycles. The standard InChI is InChI=1S/C14H10BrNO2/c1-16-8-11(9-4-2-3-5-12(9)16)13(17)10-6-7-18-14(10)15/h2-8H,1H3. The number of nitrogens with zero attached hydrogens (tertiary/aromatic N) is 1. The predicted molar refractivity (Wildman–Crippen MR) is 72.8 cm³/mol. The van der Waals surface area contributed by atoms with Gasteiger partial charge in [0.15, 0.2) is 10.5 Å². The summed E-state index contributed by atoms with van der Waals surface area (Å²) in [5.74, 6) is -0.0348. The molecule has 0 radical (unpaired) electrons. The van der Waals surface area contributed by atoms with Crippen LogP contribution in [0.15, 0.2) is 51.9 Å². The van der Waals surface area contributed by atoms with Crippen molar-refractivity contribution in [2.75, 3.05) is 0 Å². The predicted octanol–water partition coefficient (Wildman–Crippen LogP) is 3.76. The lowest BCUT2D eigenvalue weighted by atomic mass is 10.1. The van der Waals surface area contributed by atoms with Gasteiger partial charge in [-0.2, -0.15) is 0 Å². The molecule has 0 spiro atoms. The molecular formula is C14H10BrNO2. The zero-order valence-corrected chi connectivity index (χ0v) is 11.3. The minimum absolute atomic E-state index is 0.0348. The highest BCUT2D eigenvalue weighted by molar-refractivity contribution is 9.10. The Labute approximate surface area is 112 Å². The number of aryl methyl sites for hydroxylation is 1. The Morgan fingerprint density at radius 3 is 2.72 bits per heavy atom. The van der Waals surface area contributed by atoms with Gasteiger partial charge in [0, 0.05) is 29.7 Å². The van der Waals surface area contributed by atoms with Gasteiger partial charge in [0.05, 0.1) is 11.8 Å². The van der Waals surface area contributed by atoms with Crippen molar-refractivity contribution < 1.29 is 9.21 Å². The lowest BCUT2D eigenvalue weighted by Crippen LogP contribution is -1.99. The summed E-state index contributed by atoms with van der Waals surface area (Å²) in [4.78, 5) is 12.5. The van der Waals surface area contributed by atoms with Crippen LogP contribution >= 0.6 is 15.9 Å². The van der Waals surface area contributed by atoms with Crippen molar-refractivity contribution in [1.29, 1.82) is 0 Å². The molecule has 0 amide bonds. The van der Waals surface area contributed by atoms with E-state index >= 15 is 0 Å². The molecule has 90 valence electrons. The lowest BCUT2D eigenvalue weighted by Gasteiger charge is -1.96. The lowest BCUT2D eigenvalue weighted by molar-refractivity contribution is 0.103. The molecule has 0 saturated heterocycles. The summed E-state index contributed by atoms with van der Waals surface area (Å²) < 4.78 is 7.54. The third-order valence-corrected chi connectivity index (χ3v) is 3.62. The van der Waals surface area contributed by atoms with Gasteiger partial charge < -0.3 is 8.98 Å². The molecule has 18 heavy (non-hydrogen) atoms. The fraction of sp³-hybridized carbons (Fsp3) is 0.0714. The van der Waals surface area contributed by atoms with E-state index in [4.69, 9.17) is 4.42 Å². The third-order valence-electron chi connectivity index (χ3n) is 3.00. The molecule has 4 heteroatoms. The van der Waals surface area contributed by atoms with Crippen molar-refractivity contribution in [2.45, 2.75) is 0 Å². The molecular weight excluding hydrogens is 294 g/mol. The van der Waals surface area contributed by atoms with Gasteiger partial charge in [-0.1, -0.05) is 18.2 Å². The van der Waals surface area contributed by atoms with Crippen LogP contribution in [0.3, 0.4) is 0 Å². The van der Waals surface area contributed by atoms with Gasteiger partial charge in [0.1, 0.15) is 0 Å². The first-order valence-electron chi connectivity index (χ1n) is 5.50. The maximum absolute atomic E-state index is 12.5. The Kier molecular flexibility index (Phi) is 2.59. The minimum Gasteiger partial charge on any atom is -0.457 e. The number of furan rings is 1. The molecule has 3 aromatic rings. The molecule has 2 heterocycles. The van der Waals surface area contributed by atoms with Gasteiger partial charge in [0.25, 0.3) is 0 Å². The fourth-order valence-corrected chi connectivity index (χ4v) is 2.54. The number of halogens is 1. The Balaban J connectivity index is 2.21. The Bertz CT molecular complexity index is 739. The van der Waals surface area contributed by atoms with Gasteiger partial charge in [-0.25, -0.2) is 0 Å². The number of benzene rings is 1. The van der Waals surface area contributed by atoms with Gasteiger partial charge in [0.2, 0.25) is 0 Å².